The lowest BCUT2D eigenvalue weighted by molar-refractivity contribution is 0.221. The number of piperazine rings is 1. The van der Waals surface area contributed by atoms with Gasteiger partial charge in [-0.25, -0.2) is 28.9 Å². The van der Waals surface area contributed by atoms with E-state index in [9.17, 15) is 30.0 Å². The topological polar surface area (TPSA) is 201 Å². The summed E-state index contributed by atoms with van der Waals surface area (Å²) in [5.41, 5.74) is 5.08. The van der Waals surface area contributed by atoms with Crippen LogP contribution >= 0.6 is 0 Å². The van der Waals surface area contributed by atoms with Crippen LogP contribution in [0.5, 0.6) is 23.0 Å². The van der Waals surface area contributed by atoms with E-state index in [2.05, 4.69) is 35.5 Å². The van der Waals surface area contributed by atoms with Crippen LogP contribution in [0.15, 0.2) is 82.4 Å². The predicted molar refractivity (Wildman–Crippen MR) is 245 cm³/mol. The second kappa shape index (κ2) is 20.6. The Hall–Kier alpha value is -6.16. The Kier molecular flexibility index (Phi) is 15.6. The summed E-state index contributed by atoms with van der Waals surface area (Å²) in [6, 6.07) is 21.6. The van der Waals surface area contributed by atoms with Gasteiger partial charge >= 0.3 is 11.4 Å². The molecule has 332 valence electrons. The van der Waals surface area contributed by atoms with Gasteiger partial charge in [0.1, 0.15) is 23.0 Å². The van der Waals surface area contributed by atoms with Gasteiger partial charge < -0.3 is 25.7 Å². The Morgan fingerprint density at radius 1 is 0.548 bits per heavy atom. The second-order valence-electron chi connectivity index (χ2n) is 16.2. The minimum absolute atomic E-state index is 0. The molecule has 7 N–H and O–H groups in total. The largest absolute Gasteiger partial charge is 0.508 e. The Bertz CT molecular complexity index is 2330. The van der Waals surface area contributed by atoms with Gasteiger partial charge in [-0.1, -0.05) is 73.2 Å². The zero-order valence-corrected chi connectivity index (χ0v) is 34.6. The first kappa shape index (κ1) is 46.9. The number of nitrogens with zero attached hydrogens (tertiary/aromatic N) is 6. The third kappa shape index (κ3) is 10.5. The van der Waals surface area contributed by atoms with Gasteiger partial charge in [-0.3, -0.25) is 9.80 Å². The maximum absolute atomic E-state index is 12.5. The summed E-state index contributed by atoms with van der Waals surface area (Å²) in [4.78, 5) is 29.9. The van der Waals surface area contributed by atoms with Crippen molar-refractivity contribution >= 4 is 0 Å². The molecule has 0 bridgehead atoms. The normalized spacial score (nSPS) is 14.5. The van der Waals surface area contributed by atoms with E-state index in [1.165, 1.54) is 51.7 Å². The standard InChI is InChI=1S/C23H28N4O3.C22H27N5O3.2CH4/c1-15(2)18-12-19(21(29)13-20(18)28)22-24-25-23(30)27(22)17-8-6-16(7-9-17)14-26-10-4-3-5-11-26;1-14(2)17-11-18(20(29)12-19(17)28)21-24-25-22(30)27(21)16-5-3-15(4-6-16)13-26-9-7-23-8-10-26;;/h6-9,12-13,15,28-29H,3-5,10-11,14H2,1-2H3,(H,25,30);3-6,11-12,14,23,28-29H,7-10,13H2,1-2H3,(H,25,30);2*1H4. The number of rotatable bonds is 10. The van der Waals surface area contributed by atoms with Crippen LogP contribution in [-0.2, 0) is 13.1 Å². The number of aromatic hydroxyl groups is 4. The van der Waals surface area contributed by atoms with E-state index in [0.717, 1.165) is 52.4 Å². The molecule has 2 fully saturated rings. The zero-order chi connectivity index (χ0) is 42.5. The predicted octanol–water partition coefficient (Wildman–Crippen LogP) is 7.19. The number of nitrogens with one attached hydrogen (secondary N) is 3. The third-order valence-corrected chi connectivity index (χ3v) is 11.2. The maximum Gasteiger partial charge on any atom is 0.348 e. The van der Waals surface area contributed by atoms with Crippen LogP contribution in [0.4, 0.5) is 0 Å². The molecule has 0 radical (unpaired) electrons. The molecule has 0 atom stereocenters. The van der Waals surface area contributed by atoms with Crippen molar-refractivity contribution in [3.63, 3.8) is 0 Å². The van der Waals surface area contributed by atoms with Gasteiger partial charge in [0.25, 0.3) is 0 Å². The third-order valence-electron chi connectivity index (χ3n) is 11.2. The van der Waals surface area contributed by atoms with Crippen LogP contribution in [0.2, 0.25) is 0 Å². The first-order chi connectivity index (χ1) is 28.9. The maximum atomic E-state index is 12.5. The second-order valence-corrected chi connectivity index (χ2v) is 16.2. The van der Waals surface area contributed by atoms with E-state index in [1.807, 2.05) is 76.2 Å². The monoisotopic (exact) mass is 849 g/mol. The number of hydrogen-bond acceptors (Lipinski definition) is 11. The number of hydrogen-bond donors (Lipinski definition) is 7. The molecule has 4 aromatic carbocycles. The van der Waals surface area contributed by atoms with E-state index in [1.54, 1.807) is 12.1 Å². The van der Waals surface area contributed by atoms with Crippen LogP contribution in [0, 0.1) is 0 Å². The van der Waals surface area contributed by atoms with Gasteiger partial charge in [-0.05, 0) is 96.4 Å². The number of H-pyrrole nitrogens is 2. The average molecular weight is 850 g/mol. The SMILES string of the molecule is C.C.CC(C)c1cc(-c2n[nH]c(=O)n2-c2ccc(CN3CCCCC3)cc2)c(O)cc1O.CC(C)c1cc(-c2n[nH]c(=O)n2-c2ccc(CN3CCNCC3)cc2)c(O)cc1O. The molecule has 2 aromatic heterocycles. The van der Waals surface area contributed by atoms with Crippen LogP contribution in [-0.4, -0.2) is 99.0 Å². The van der Waals surface area contributed by atoms with Crippen molar-refractivity contribution < 1.29 is 20.4 Å². The van der Waals surface area contributed by atoms with Crippen molar-refractivity contribution in [2.45, 2.75) is 86.7 Å². The summed E-state index contributed by atoms with van der Waals surface area (Å²) in [6.07, 6.45) is 3.81. The molecule has 15 heteroatoms. The molecule has 8 rings (SSSR count). The number of phenols is 4. The van der Waals surface area contributed by atoms with Crippen molar-refractivity contribution in [3.8, 4) is 57.1 Å². The van der Waals surface area contributed by atoms with Gasteiger partial charge in [0.05, 0.1) is 22.5 Å². The fourth-order valence-electron chi connectivity index (χ4n) is 7.91. The number of aromatic amines is 2. The molecular weight excluding hydrogens is 787 g/mol. The first-order valence-electron chi connectivity index (χ1n) is 20.7. The fourth-order valence-corrected chi connectivity index (χ4v) is 7.91. The molecule has 2 saturated heterocycles. The zero-order valence-electron chi connectivity index (χ0n) is 34.6. The summed E-state index contributed by atoms with van der Waals surface area (Å²) in [5, 5.41) is 57.7. The van der Waals surface area contributed by atoms with Gasteiger partial charge in [-0.15, -0.1) is 0 Å². The molecule has 0 saturated carbocycles. The lowest BCUT2D eigenvalue weighted by atomic mass is 9.98. The van der Waals surface area contributed by atoms with Gasteiger partial charge in [0.15, 0.2) is 11.6 Å². The van der Waals surface area contributed by atoms with Crippen molar-refractivity contribution in [3.05, 3.63) is 116 Å². The van der Waals surface area contributed by atoms with Gasteiger partial charge in [-0.2, -0.15) is 10.2 Å². The molecular formula is C47H63N9O6. The quantitative estimate of drug-likeness (QED) is 0.0736. The number of benzene rings is 4. The minimum atomic E-state index is -0.390. The van der Waals surface area contributed by atoms with Crippen LogP contribution in [0.3, 0.4) is 0 Å². The molecule has 0 spiro atoms. The lowest BCUT2D eigenvalue weighted by Gasteiger charge is -2.27. The Balaban J connectivity index is 0.000000227. The van der Waals surface area contributed by atoms with E-state index in [4.69, 9.17) is 0 Å². The first-order valence-corrected chi connectivity index (χ1v) is 20.7. The highest BCUT2D eigenvalue weighted by molar-refractivity contribution is 5.70. The highest BCUT2D eigenvalue weighted by Crippen LogP contribution is 2.38. The fraction of sp³-hybridized carbons (Fsp3) is 0.404. The summed E-state index contributed by atoms with van der Waals surface area (Å²) in [7, 11) is 0. The van der Waals surface area contributed by atoms with Crippen molar-refractivity contribution in [2.24, 2.45) is 0 Å². The molecule has 15 nitrogen and oxygen atoms in total. The summed E-state index contributed by atoms with van der Waals surface area (Å²) in [6.45, 7) is 15.9. The van der Waals surface area contributed by atoms with Crippen LogP contribution < -0.4 is 16.7 Å². The molecule has 2 aliphatic heterocycles. The highest BCUT2D eigenvalue weighted by atomic mass is 16.3. The molecule has 0 unspecified atom stereocenters. The van der Waals surface area contributed by atoms with Crippen molar-refractivity contribution in [1.82, 2.24) is 44.6 Å². The molecule has 0 amide bonds. The van der Waals surface area contributed by atoms with E-state index < -0.39 is 5.69 Å². The number of likely N-dealkylation sites (tertiary alicyclic amines) is 1. The number of piperidine rings is 1. The number of phenolic OH excluding ortho intramolecular Hbond substituents is 4. The Morgan fingerprint density at radius 2 is 0.935 bits per heavy atom. The summed E-state index contributed by atoms with van der Waals surface area (Å²) >= 11 is 0. The molecule has 62 heavy (non-hydrogen) atoms. The van der Waals surface area contributed by atoms with E-state index in [-0.39, 0.29) is 55.4 Å². The molecule has 0 aliphatic carbocycles. The van der Waals surface area contributed by atoms with Crippen LogP contribution in [0.1, 0.15) is 95.9 Å². The van der Waals surface area contributed by atoms with Gasteiger partial charge in [0.2, 0.25) is 0 Å². The summed E-state index contributed by atoms with van der Waals surface area (Å²) in [5.74, 6) is 0.500. The smallest absolute Gasteiger partial charge is 0.348 e. The Morgan fingerprint density at radius 3 is 1.32 bits per heavy atom. The average Bonchev–Trinajstić information content (AvgIpc) is 3.81. The minimum Gasteiger partial charge on any atom is -0.508 e. The van der Waals surface area contributed by atoms with Gasteiger partial charge in [0, 0.05) is 51.4 Å². The van der Waals surface area contributed by atoms with Crippen molar-refractivity contribution in [1.29, 1.82) is 0 Å². The molecule has 6 aromatic rings. The Labute approximate surface area is 363 Å². The van der Waals surface area contributed by atoms with E-state index in [0.29, 0.717) is 45.3 Å². The van der Waals surface area contributed by atoms with Crippen LogP contribution in [0.25, 0.3) is 34.2 Å². The van der Waals surface area contributed by atoms with Crippen molar-refractivity contribution in [2.75, 3.05) is 39.3 Å². The molecule has 4 heterocycles. The number of aromatic nitrogens is 6. The summed E-state index contributed by atoms with van der Waals surface area (Å²) < 4.78 is 2.88. The lowest BCUT2D eigenvalue weighted by Crippen LogP contribution is -2.42. The highest BCUT2D eigenvalue weighted by Gasteiger charge is 2.22. The van der Waals surface area contributed by atoms with E-state index >= 15 is 0 Å². The molecule has 2 aliphatic rings.